The first-order valence-corrected chi connectivity index (χ1v) is 10.7. The molecule has 2 aromatic rings. The van der Waals surface area contributed by atoms with E-state index >= 15 is 0 Å². The smallest absolute Gasteiger partial charge is 0.191 e. The predicted molar refractivity (Wildman–Crippen MR) is 122 cm³/mol. The van der Waals surface area contributed by atoms with Crippen LogP contribution in [0.25, 0.3) is 0 Å². The van der Waals surface area contributed by atoms with E-state index in [1.807, 2.05) is 25.1 Å². The van der Waals surface area contributed by atoms with Crippen LogP contribution >= 0.6 is 0 Å². The van der Waals surface area contributed by atoms with Gasteiger partial charge in [0.1, 0.15) is 5.75 Å². The minimum absolute atomic E-state index is 0.267. The van der Waals surface area contributed by atoms with Gasteiger partial charge < -0.3 is 20.1 Å². The molecule has 0 spiro atoms. The lowest BCUT2D eigenvalue weighted by atomic mass is 10.0. The maximum Gasteiger partial charge on any atom is 0.191 e. The standard InChI is InChI=1S/C24H34N4O2/c1-4-30-23-11-6-5-9-21(23)17-26-24(25-3)27-18-22(28-12-14-29-15-13-28)20-10-7-8-19(2)16-20/h5-11,16,22H,4,12-15,17-18H2,1-3H3,(H2,25,26,27). The molecule has 30 heavy (non-hydrogen) atoms. The second-order valence-corrected chi connectivity index (χ2v) is 7.43. The van der Waals surface area contributed by atoms with Gasteiger partial charge in [-0.3, -0.25) is 9.89 Å². The zero-order chi connectivity index (χ0) is 21.2. The number of nitrogens with one attached hydrogen (secondary N) is 2. The van der Waals surface area contributed by atoms with Crippen LogP contribution in [-0.2, 0) is 11.3 Å². The number of ether oxygens (including phenoxy) is 2. The molecule has 1 aliphatic rings. The zero-order valence-electron chi connectivity index (χ0n) is 18.4. The first-order chi connectivity index (χ1) is 14.7. The van der Waals surface area contributed by atoms with E-state index in [1.165, 1.54) is 11.1 Å². The Labute approximate surface area is 180 Å². The number of aryl methyl sites for hydroxylation is 1. The van der Waals surface area contributed by atoms with Crippen molar-refractivity contribution in [2.24, 2.45) is 4.99 Å². The normalized spacial score (nSPS) is 16.2. The third-order valence-corrected chi connectivity index (χ3v) is 5.32. The number of rotatable bonds is 8. The van der Waals surface area contributed by atoms with Crippen molar-refractivity contribution in [3.63, 3.8) is 0 Å². The maximum atomic E-state index is 5.73. The lowest BCUT2D eigenvalue weighted by Gasteiger charge is -2.35. The summed E-state index contributed by atoms with van der Waals surface area (Å²) in [6, 6.07) is 17.1. The van der Waals surface area contributed by atoms with E-state index in [1.54, 1.807) is 7.05 Å². The van der Waals surface area contributed by atoms with Gasteiger partial charge in [0.15, 0.2) is 5.96 Å². The zero-order valence-corrected chi connectivity index (χ0v) is 18.4. The van der Waals surface area contributed by atoms with Crippen molar-refractivity contribution in [3.8, 4) is 5.75 Å². The Kier molecular flexibility index (Phi) is 8.53. The second kappa shape index (κ2) is 11.6. The van der Waals surface area contributed by atoms with E-state index in [-0.39, 0.29) is 6.04 Å². The van der Waals surface area contributed by atoms with Crippen LogP contribution in [-0.4, -0.2) is 57.4 Å². The fourth-order valence-corrected chi connectivity index (χ4v) is 3.76. The number of benzene rings is 2. The molecule has 0 amide bonds. The largest absolute Gasteiger partial charge is 0.494 e. The molecule has 1 unspecified atom stereocenters. The van der Waals surface area contributed by atoms with E-state index in [0.29, 0.717) is 13.2 Å². The van der Waals surface area contributed by atoms with Crippen LogP contribution in [0.5, 0.6) is 5.75 Å². The molecule has 162 valence electrons. The SMILES string of the molecule is CCOc1ccccc1CNC(=NC)NCC(c1cccc(C)c1)N1CCOCC1. The summed E-state index contributed by atoms with van der Waals surface area (Å²) >= 11 is 0. The minimum atomic E-state index is 0.267. The minimum Gasteiger partial charge on any atom is -0.494 e. The molecule has 1 aliphatic heterocycles. The van der Waals surface area contributed by atoms with E-state index in [0.717, 1.165) is 50.1 Å². The number of guanidine groups is 1. The number of morpholine rings is 1. The topological polar surface area (TPSA) is 58.1 Å². The summed E-state index contributed by atoms with van der Waals surface area (Å²) in [5.74, 6) is 1.70. The molecule has 2 N–H and O–H groups in total. The molecule has 0 aromatic heterocycles. The molecule has 0 aliphatic carbocycles. The van der Waals surface area contributed by atoms with Crippen LogP contribution in [0.2, 0.25) is 0 Å². The summed E-state index contributed by atoms with van der Waals surface area (Å²) < 4.78 is 11.3. The van der Waals surface area contributed by atoms with Crippen molar-refractivity contribution >= 4 is 5.96 Å². The molecule has 0 saturated carbocycles. The Balaban J connectivity index is 1.64. The van der Waals surface area contributed by atoms with Gasteiger partial charge in [0, 0.05) is 38.8 Å². The molecule has 1 heterocycles. The number of hydrogen-bond acceptors (Lipinski definition) is 4. The number of nitrogens with zero attached hydrogens (tertiary/aromatic N) is 2. The molecule has 0 bridgehead atoms. The quantitative estimate of drug-likeness (QED) is 0.517. The van der Waals surface area contributed by atoms with Crippen molar-refractivity contribution in [2.45, 2.75) is 26.4 Å². The Morgan fingerprint density at radius 3 is 2.67 bits per heavy atom. The van der Waals surface area contributed by atoms with Gasteiger partial charge in [-0.15, -0.1) is 0 Å². The van der Waals surface area contributed by atoms with Gasteiger partial charge in [-0.1, -0.05) is 48.0 Å². The van der Waals surface area contributed by atoms with Crippen LogP contribution in [0, 0.1) is 6.92 Å². The monoisotopic (exact) mass is 410 g/mol. The molecule has 1 fully saturated rings. The molecule has 6 heteroatoms. The summed E-state index contributed by atoms with van der Waals surface area (Å²) in [4.78, 5) is 6.91. The van der Waals surface area contributed by atoms with E-state index in [2.05, 4.69) is 57.8 Å². The van der Waals surface area contributed by atoms with Gasteiger partial charge in [0.25, 0.3) is 0 Å². The molecule has 1 atom stereocenters. The van der Waals surface area contributed by atoms with Gasteiger partial charge in [0.05, 0.1) is 25.9 Å². The van der Waals surface area contributed by atoms with E-state index in [9.17, 15) is 0 Å². The van der Waals surface area contributed by atoms with Gasteiger partial charge in [0.2, 0.25) is 0 Å². The first kappa shape index (κ1) is 22.1. The van der Waals surface area contributed by atoms with Crippen molar-refractivity contribution in [2.75, 3.05) is 46.5 Å². The van der Waals surface area contributed by atoms with Crippen LogP contribution in [0.4, 0.5) is 0 Å². The van der Waals surface area contributed by atoms with Crippen molar-refractivity contribution < 1.29 is 9.47 Å². The fourth-order valence-electron chi connectivity index (χ4n) is 3.76. The van der Waals surface area contributed by atoms with Crippen LogP contribution in [0.15, 0.2) is 53.5 Å². The predicted octanol–water partition coefficient (Wildman–Crippen LogP) is 3.13. The third-order valence-electron chi connectivity index (χ3n) is 5.32. The third kappa shape index (κ3) is 6.21. The Morgan fingerprint density at radius 1 is 1.13 bits per heavy atom. The highest BCUT2D eigenvalue weighted by Crippen LogP contribution is 2.22. The molecule has 1 saturated heterocycles. The fraction of sp³-hybridized carbons (Fsp3) is 0.458. The highest BCUT2D eigenvalue weighted by atomic mass is 16.5. The van der Waals surface area contributed by atoms with Gasteiger partial charge >= 0.3 is 0 Å². The van der Waals surface area contributed by atoms with Crippen LogP contribution < -0.4 is 15.4 Å². The molecule has 0 radical (unpaired) electrons. The Morgan fingerprint density at radius 2 is 1.93 bits per heavy atom. The van der Waals surface area contributed by atoms with Crippen molar-refractivity contribution in [1.82, 2.24) is 15.5 Å². The highest BCUT2D eigenvalue weighted by Gasteiger charge is 2.23. The average Bonchev–Trinajstić information content (AvgIpc) is 2.78. The van der Waals surface area contributed by atoms with Crippen molar-refractivity contribution in [3.05, 3.63) is 65.2 Å². The molecule has 6 nitrogen and oxygen atoms in total. The molecule has 2 aromatic carbocycles. The first-order valence-electron chi connectivity index (χ1n) is 10.7. The second-order valence-electron chi connectivity index (χ2n) is 7.43. The summed E-state index contributed by atoms with van der Waals surface area (Å²) in [6.07, 6.45) is 0. The number of para-hydroxylation sites is 1. The Hall–Kier alpha value is -2.57. The maximum absolute atomic E-state index is 5.73. The highest BCUT2D eigenvalue weighted by molar-refractivity contribution is 5.79. The number of aliphatic imine (C=N–C) groups is 1. The molecular formula is C24H34N4O2. The van der Waals surface area contributed by atoms with E-state index in [4.69, 9.17) is 9.47 Å². The number of hydrogen-bond donors (Lipinski definition) is 2. The average molecular weight is 411 g/mol. The van der Waals surface area contributed by atoms with Gasteiger partial charge in [-0.25, -0.2) is 0 Å². The summed E-state index contributed by atoms with van der Waals surface area (Å²) in [5, 5.41) is 6.94. The Bertz CT molecular complexity index is 818. The van der Waals surface area contributed by atoms with Gasteiger partial charge in [-0.2, -0.15) is 0 Å². The summed E-state index contributed by atoms with van der Waals surface area (Å²) in [7, 11) is 1.81. The lowest BCUT2D eigenvalue weighted by molar-refractivity contribution is 0.0170. The van der Waals surface area contributed by atoms with Crippen molar-refractivity contribution in [1.29, 1.82) is 0 Å². The lowest BCUT2D eigenvalue weighted by Crippen LogP contribution is -2.46. The van der Waals surface area contributed by atoms with Crippen LogP contribution in [0.1, 0.15) is 29.7 Å². The van der Waals surface area contributed by atoms with Crippen LogP contribution in [0.3, 0.4) is 0 Å². The molecular weight excluding hydrogens is 376 g/mol. The molecule has 3 rings (SSSR count). The summed E-state index contributed by atoms with van der Waals surface area (Å²) in [5.41, 5.74) is 3.72. The van der Waals surface area contributed by atoms with Gasteiger partial charge in [-0.05, 0) is 25.5 Å². The summed E-state index contributed by atoms with van der Waals surface area (Å²) in [6.45, 7) is 9.67. The van der Waals surface area contributed by atoms with E-state index < -0.39 is 0 Å².